The van der Waals surface area contributed by atoms with Crippen molar-refractivity contribution in [3.05, 3.63) is 24.0 Å². The van der Waals surface area contributed by atoms with E-state index in [1.807, 2.05) is 0 Å². The molecule has 0 bridgehead atoms. The zero-order chi connectivity index (χ0) is 14.3. The van der Waals surface area contributed by atoms with E-state index in [0.29, 0.717) is 17.9 Å². The molecule has 6 heteroatoms. The van der Waals surface area contributed by atoms with E-state index in [9.17, 15) is 4.79 Å². The van der Waals surface area contributed by atoms with Crippen LogP contribution in [0.4, 0.5) is 5.69 Å². The summed E-state index contributed by atoms with van der Waals surface area (Å²) in [5.41, 5.74) is 3.55. The second-order valence-corrected chi connectivity index (χ2v) is 5.63. The van der Waals surface area contributed by atoms with Gasteiger partial charge in [-0.25, -0.2) is 0 Å². The van der Waals surface area contributed by atoms with Gasteiger partial charge >= 0.3 is 0 Å². The molecule has 19 heavy (non-hydrogen) atoms. The number of anilines is 1. The van der Waals surface area contributed by atoms with Crippen molar-refractivity contribution in [1.29, 1.82) is 0 Å². The summed E-state index contributed by atoms with van der Waals surface area (Å²) in [5.74, 6) is 5.14. The molecule has 1 aromatic heterocycles. The third-order valence-corrected chi connectivity index (χ3v) is 5.04. The minimum Gasteiger partial charge on any atom is -0.349 e. The van der Waals surface area contributed by atoms with Gasteiger partial charge in [-0.1, -0.05) is 13.8 Å². The van der Waals surface area contributed by atoms with Gasteiger partial charge in [-0.2, -0.15) is 11.8 Å². The van der Waals surface area contributed by atoms with Gasteiger partial charge in [0.2, 0.25) is 0 Å². The zero-order valence-corrected chi connectivity index (χ0v) is 12.5. The summed E-state index contributed by atoms with van der Waals surface area (Å²) in [4.78, 5) is 16.1. The molecule has 0 fully saturated rings. The molecule has 5 nitrogen and oxygen atoms in total. The normalized spacial score (nSPS) is 11.2. The minimum atomic E-state index is -0.169. The van der Waals surface area contributed by atoms with Crippen molar-refractivity contribution in [2.24, 2.45) is 5.84 Å². The van der Waals surface area contributed by atoms with Crippen molar-refractivity contribution < 1.29 is 4.79 Å². The molecule has 0 saturated heterocycles. The van der Waals surface area contributed by atoms with Crippen LogP contribution >= 0.6 is 11.8 Å². The summed E-state index contributed by atoms with van der Waals surface area (Å²) in [6, 6.07) is 3.34. The Balaban J connectivity index is 2.69. The van der Waals surface area contributed by atoms with Crippen LogP contribution in [0.3, 0.4) is 0 Å². The molecular formula is C13H22N4OS. The van der Waals surface area contributed by atoms with Crippen molar-refractivity contribution >= 4 is 23.4 Å². The fraction of sp³-hybridized carbons (Fsp3) is 0.538. The molecule has 4 N–H and O–H groups in total. The molecule has 0 saturated carbocycles. The van der Waals surface area contributed by atoms with Gasteiger partial charge in [0.25, 0.3) is 5.91 Å². The van der Waals surface area contributed by atoms with Gasteiger partial charge < -0.3 is 10.7 Å². The first-order valence-corrected chi connectivity index (χ1v) is 7.59. The number of nitrogens with one attached hydrogen (secondary N) is 2. The molecule has 0 aliphatic heterocycles. The minimum absolute atomic E-state index is 0.0966. The standard InChI is InChI=1S/C13H22N4OS/c1-4-13(5-2,19-3)9-16-12(18)11-8-10(17-14)6-7-15-11/h6-8H,4-5,9,14H2,1-3H3,(H,15,17)(H,16,18). The maximum absolute atomic E-state index is 12.1. The van der Waals surface area contributed by atoms with Crippen LogP contribution in [-0.4, -0.2) is 28.4 Å². The van der Waals surface area contributed by atoms with Crippen LogP contribution in [0.25, 0.3) is 0 Å². The molecule has 0 unspecified atom stereocenters. The van der Waals surface area contributed by atoms with Crippen molar-refractivity contribution in [2.75, 3.05) is 18.2 Å². The Morgan fingerprint density at radius 2 is 2.16 bits per heavy atom. The number of pyridine rings is 1. The molecule has 1 rings (SSSR count). The number of aromatic nitrogens is 1. The highest BCUT2D eigenvalue weighted by Crippen LogP contribution is 2.29. The van der Waals surface area contributed by atoms with Gasteiger partial charge in [0, 0.05) is 17.5 Å². The highest BCUT2D eigenvalue weighted by Gasteiger charge is 2.25. The maximum atomic E-state index is 12.1. The summed E-state index contributed by atoms with van der Waals surface area (Å²) in [7, 11) is 0. The van der Waals surface area contributed by atoms with Crippen LogP contribution in [0, 0.1) is 0 Å². The molecule has 0 aromatic carbocycles. The van der Waals surface area contributed by atoms with Crippen LogP contribution in [0.2, 0.25) is 0 Å². The molecule has 1 amide bonds. The Bertz CT molecular complexity index is 413. The predicted molar refractivity (Wildman–Crippen MR) is 81.2 cm³/mol. The number of hydrazine groups is 1. The van der Waals surface area contributed by atoms with Gasteiger partial charge in [-0.05, 0) is 31.2 Å². The zero-order valence-electron chi connectivity index (χ0n) is 11.7. The van der Waals surface area contributed by atoms with Gasteiger partial charge in [-0.15, -0.1) is 0 Å². The van der Waals surface area contributed by atoms with E-state index in [1.165, 1.54) is 0 Å². The number of hydrogen-bond donors (Lipinski definition) is 3. The number of thioether (sulfide) groups is 1. The molecule has 1 heterocycles. The second-order valence-electron chi connectivity index (χ2n) is 4.35. The van der Waals surface area contributed by atoms with Crippen LogP contribution in [-0.2, 0) is 0 Å². The third-order valence-electron chi connectivity index (χ3n) is 3.45. The van der Waals surface area contributed by atoms with E-state index >= 15 is 0 Å². The lowest BCUT2D eigenvalue weighted by Gasteiger charge is -2.29. The topological polar surface area (TPSA) is 80.0 Å². The number of nitrogens with two attached hydrogens (primary N) is 1. The second kappa shape index (κ2) is 7.35. The fourth-order valence-corrected chi connectivity index (χ4v) is 2.63. The van der Waals surface area contributed by atoms with E-state index in [4.69, 9.17) is 5.84 Å². The van der Waals surface area contributed by atoms with Gasteiger partial charge in [0.05, 0.1) is 5.69 Å². The summed E-state index contributed by atoms with van der Waals surface area (Å²) in [5, 5.41) is 2.95. The SMILES string of the molecule is CCC(CC)(CNC(=O)c1cc(NN)ccn1)SC. The summed E-state index contributed by atoms with van der Waals surface area (Å²) >= 11 is 1.79. The summed E-state index contributed by atoms with van der Waals surface area (Å²) in [6.07, 6.45) is 5.67. The largest absolute Gasteiger partial charge is 0.349 e. The van der Waals surface area contributed by atoms with Crippen LogP contribution in [0.5, 0.6) is 0 Å². The molecule has 0 aliphatic rings. The Labute approximate surface area is 118 Å². The van der Waals surface area contributed by atoms with Crippen molar-refractivity contribution in [3.8, 4) is 0 Å². The smallest absolute Gasteiger partial charge is 0.270 e. The summed E-state index contributed by atoms with van der Waals surface area (Å²) < 4.78 is 0.0966. The average Bonchev–Trinajstić information content (AvgIpc) is 2.49. The van der Waals surface area contributed by atoms with E-state index < -0.39 is 0 Å². The first-order chi connectivity index (χ1) is 9.10. The van der Waals surface area contributed by atoms with E-state index in [0.717, 1.165) is 12.8 Å². The monoisotopic (exact) mass is 282 g/mol. The molecular weight excluding hydrogens is 260 g/mol. The van der Waals surface area contributed by atoms with Crippen molar-refractivity contribution in [2.45, 2.75) is 31.4 Å². The lowest BCUT2D eigenvalue weighted by atomic mass is 10.0. The highest BCUT2D eigenvalue weighted by atomic mass is 32.2. The first kappa shape index (κ1) is 15.8. The van der Waals surface area contributed by atoms with Crippen LogP contribution in [0.1, 0.15) is 37.2 Å². The quantitative estimate of drug-likeness (QED) is 0.526. The number of carbonyl (C=O) groups excluding carboxylic acids is 1. The number of nitrogen functional groups attached to an aromatic ring is 1. The van der Waals surface area contributed by atoms with Gasteiger partial charge in [0.15, 0.2) is 0 Å². The predicted octanol–water partition coefficient (Wildman–Crippen LogP) is 2.02. The Morgan fingerprint density at radius 3 is 2.68 bits per heavy atom. The van der Waals surface area contributed by atoms with Crippen LogP contribution < -0.4 is 16.6 Å². The first-order valence-electron chi connectivity index (χ1n) is 6.36. The lowest BCUT2D eigenvalue weighted by Crippen LogP contribution is -2.39. The molecule has 0 spiro atoms. The molecule has 1 aromatic rings. The number of carbonyl (C=O) groups is 1. The summed E-state index contributed by atoms with van der Waals surface area (Å²) in [6.45, 7) is 4.93. The Morgan fingerprint density at radius 1 is 1.47 bits per heavy atom. The van der Waals surface area contributed by atoms with Gasteiger partial charge in [0.1, 0.15) is 5.69 Å². The fourth-order valence-electron chi connectivity index (χ4n) is 1.84. The number of amides is 1. The van der Waals surface area contributed by atoms with Crippen molar-refractivity contribution in [1.82, 2.24) is 10.3 Å². The van der Waals surface area contributed by atoms with Crippen LogP contribution in [0.15, 0.2) is 18.3 Å². The number of rotatable bonds is 7. The average molecular weight is 282 g/mol. The Hall–Kier alpha value is -1.27. The highest BCUT2D eigenvalue weighted by molar-refractivity contribution is 8.00. The molecule has 0 radical (unpaired) electrons. The molecule has 0 atom stereocenters. The van der Waals surface area contributed by atoms with Crippen molar-refractivity contribution in [3.63, 3.8) is 0 Å². The Kier molecular flexibility index (Phi) is 6.11. The van der Waals surface area contributed by atoms with Gasteiger partial charge in [-0.3, -0.25) is 15.6 Å². The third kappa shape index (κ3) is 4.11. The maximum Gasteiger partial charge on any atom is 0.270 e. The molecule has 0 aliphatic carbocycles. The van der Waals surface area contributed by atoms with E-state index in [2.05, 4.69) is 35.8 Å². The molecule has 106 valence electrons. The number of hydrogen-bond acceptors (Lipinski definition) is 5. The van der Waals surface area contributed by atoms with E-state index in [-0.39, 0.29) is 10.7 Å². The van der Waals surface area contributed by atoms with E-state index in [1.54, 1.807) is 30.1 Å². The number of nitrogens with zero attached hydrogens (tertiary/aromatic N) is 1. The lowest BCUT2D eigenvalue weighted by molar-refractivity contribution is 0.0944.